The van der Waals surface area contributed by atoms with Gasteiger partial charge in [-0.3, -0.25) is 14.4 Å². The Morgan fingerprint density at radius 3 is 2.28 bits per heavy atom. The van der Waals surface area contributed by atoms with Gasteiger partial charge in [-0.2, -0.15) is 4.68 Å². The zero-order chi connectivity index (χ0) is 18.6. The van der Waals surface area contributed by atoms with Crippen LogP contribution in [0.4, 0.5) is 11.4 Å². The predicted octanol–water partition coefficient (Wildman–Crippen LogP) is 0.738. The molecule has 1 heterocycles. The van der Waals surface area contributed by atoms with Gasteiger partial charge < -0.3 is 16.5 Å². The van der Waals surface area contributed by atoms with Crippen LogP contribution in [0.5, 0.6) is 0 Å². The number of aromatic nitrogens is 3. The van der Waals surface area contributed by atoms with Crippen LogP contribution < -0.4 is 22.0 Å². The van der Waals surface area contributed by atoms with Crippen molar-refractivity contribution in [2.75, 3.05) is 16.5 Å². The second kappa shape index (κ2) is 7.79. The maximum absolute atomic E-state index is 12.3. The summed E-state index contributed by atoms with van der Waals surface area (Å²) in [7, 11) is 0. The van der Waals surface area contributed by atoms with E-state index in [0.29, 0.717) is 11.4 Å². The molecule has 2 amide bonds. The number of nitrogen functional groups attached to an aromatic ring is 1. The summed E-state index contributed by atoms with van der Waals surface area (Å²) >= 11 is 1.03. The lowest BCUT2D eigenvalue weighted by Crippen LogP contribution is -2.33. The number of anilines is 2. The van der Waals surface area contributed by atoms with Crippen molar-refractivity contribution in [3.05, 3.63) is 40.3 Å². The van der Waals surface area contributed by atoms with E-state index in [9.17, 15) is 14.4 Å². The van der Waals surface area contributed by atoms with Gasteiger partial charge in [0.05, 0.1) is 5.25 Å². The molecule has 0 bridgehead atoms. The summed E-state index contributed by atoms with van der Waals surface area (Å²) in [6, 6.07) is 6.70. The van der Waals surface area contributed by atoms with E-state index in [0.717, 1.165) is 16.4 Å². The number of amides is 2. The summed E-state index contributed by atoms with van der Waals surface area (Å²) in [6.45, 7) is 4.59. The molecule has 0 unspecified atom stereocenters. The van der Waals surface area contributed by atoms with E-state index in [1.54, 1.807) is 31.2 Å². The van der Waals surface area contributed by atoms with Crippen molar-refractivity contribution in [2.24, 2.45) is 0 Å². The lowest BCUT2D eigenvalue weighted by Gasteiger charge is -2.13. The van der Waals surface area contributed by atoms with E-state index < -0.39 is 10.8 Å². The fourth-order valence-electron chi connectivity index (χ4n) is 1.85. The van der Waals surface area contributed by atoms with Gasteiger partial charge in [0, 0.05) is 18.3 Å². The van der Waals surface area contributed by atoms with Crippen molar-refractivity contribution in [1.82, 2.24) is 14.9 Å². The maximum atomic E-state index is 12.3. The smallest absolute Gasteiger partial charge is 0.294 e. The van der Waals surface area contributed by atoms with Crippen molar-refractivity contribution in [1.29, 1.82) is 0 Å². The normalized spacial score (nSPS) is 11.6. The van der Waals surface area contributed by atoms with Gasteiger partial charge in [-0.15, -0.1) is 10.2 Å². The van der Waals surface area contributed by atoms with Crippen LogP contribution in [0.1, 0.15) is 19.5 Å². The van der Waals surface area contributed by atoms with Crippen LogP contribution in [-0.2, 0) is 9.59 Å². The molecule has 1 aromatic carbocycles. The maximum Gasteiger partial charge on any atom is 0.294 e. The minimum Gasteiger partial charge on any atom is -0.334 e. The number of nitrogens with two attached hydrogens (primary N) is 1. The van der Waals surface area contributed by atoms with Gasteiger partial charge in [0.1, 0.15) is 5.69 Å². The highest BCUT2D eigenvalue weighted by atomic mass is 32.2. The minimum absolute atomic E-state index is 0.152. The Labute approximate surface area is 148 Å². The van der Waals surface area contributed by atoms with Gasteiger partial charge in [-0.05, 0) is 38.1 Å². The third kappa shape index (κ3) is 4.80. The lowest BCUT2D eigenvalue weighted by atomic mass is 10.2. The SMILES string of the molecule is CC(=O)Nc1ccc(NC(=O)[C@H](C)Sc2nnc(C)c(=O)n2N)cc1. The van der Waals surface area contributed by atoms with Crippen LogP contribution in [-0.4, -0.2) is 31.9 Å². The molecule has 0 saturated carbocycles. The molecular weight excluding hydrogens is 344 g/mol. The van der Waals surface area contributed by atoms with Crippen LogP contribution >= 0.6 is 11.8 Å². The number of rotatable bonds is 5. The highest BCUT2D eigenvalue weighted by molar-refractivity contribution is 8.00. The van der Waals surface area contributed by atoms with Crippen molar-refractivity contribution in [2.45, 2.75) is 31.2 Å². The van der Waals surface area contributed by atoms with Gasteiger partial charge in [0.25, 0.3) is 5.56 Å². The summed E-state index contributed by atoms with van der Waals surface area (Å²) in [5, 5.41) is 12.5. The Morgan fingerprint density at radius 1 is 1.16 bits per heavy atom. The first-order chi connectivity index (χ1) is 11.8. The molecule has 10 heteroatoms. The van der Waals surface area contributed by atoms with Crippen molar-refractivity contribution in [3.63, 3.8) is 0 Å². The Morgan fingerprint density at radius 2 is 1.72 bits per heavy atom. The molecule has 0 spiro atoms. The Bertz CT molecular complexity index is 849. The van der Waals surface area contributed by atoms with Crippen LogP contribution in [0.2, 0.25) is 0 Å². The van der Waals surface area contributed by atoms with Gasteiger partial charge in [0.2, 0.25) is 17.0 Å². The van der Waals surface area contributed by atoms with E-state index in [4.69, 9.17) is 5.84 Å². The van der Waals surface area contributed by atoms with Crippen molar-refractivity contribution < 1.29 is 9.59 Å². The van der Waals surface area contributed by atoms with Crippen LogP contribution in [0, 0.1) is 6.92 Å². The summed E-state index contributed by atoms with van der Waals surface area (Å²) in [4.78, 5) is 35.0. The Hall–Kier alpha value is -2.88. The topological polar surface area (TPSA) is 132 Å². The van der Waals surface area contributed by atoms with Gasteiger partial charge >= 0.3 is 0 Å². The average Bonchev–Trinajstić information content (AvgIpc) is 2.56. The first-order valence-electron chi connectivity index (χ1n) is 7.34. The van der Waals surface area contributed by atoms with Gasteiger partial charge in [-0.25, -0.2) is 0 Å². The molecule has 1 atom stereocenters. The number of carbonyl (C=O) groups is 2. The number of thioether (sulfide) groups is 1. The molecule has 2 rings (SSSR count). The predicted molar refractivity (Wildman–Crippen MR) is 95.9 cm³/mol. The Balaban J connectivity index is 2.02. The first kappa shape index (κ1) is 18.5. The van der Waals surface area contributed by atoms with Crippen LogP contribution in [0.15, 0.2) is 34.2 Å². The largest absolute Gasteiger partial charge is 0.334 e. The number of hydrogen-bond donors (Lipinski definition) is 3. The summed E-state index contributed by atoms with van der Waals surface area (Å²) in [5.74, 6) is 5.20. The summed E-state index contributed by atoms with van der Waals surface area (Å²) < 4.78 is 0.874. The van der Waals surface area contributed by atoms with Crippen LogP contribution in [0.25, 0.3) is 0 Å². The molecule has 4 N–H and O–H groups in total. The molecule has 0 fully saturated rings. The third-order valence-corrected chi connectivity index (χ3v) is 4.20. The zero-order valence-corrected chi connectivity index (χ0v) is 14.8. The summed E-state index contributed by atoms with van der Waals surface area (Å²) in [6.07, 6.45) is 0. The Kier molecular flexibility index (Phi) is 5.75. The fraction of sp³-hybridized carbons (Fsp3) is 0.267. The molecule has 0 aliphatic carbocycles. The number of nitrogens with zero attached hydrogens (tertiary/aromatic N) is 3. The van der Waals surface area contributed by atoms with Crippen molar-refractivity contribution >= 4 is 35.0 Å². The molecular formula is C15H18N6O3S. The molecule has 25 heavy (non-hydrogen) atoms. The van der Waals surface area contributed by atoms with E-state index in [2.05, 4.69) is 20.8 Å². The molecule has 9 nitrogen and oxygen atoms in total. The highest BCUT2D eigenvalue weighted by Gasteiger charge is 2.18. The standard InChI is InChI=1S/C15H18N6O3S/c1-8-14(24)21(16)15(20-19-8)25-9(2)13(23)18-12-6-4-11(5-7-12)17-10(3)22/h4-7,9H,16H2,1-3H3,(H,17,22)(H,18,23)/t9-/m0/s1. The van der Waals surface area contributed by atoms with E-state index in [-0.39, 0.29) is 22.7 Å². The van der Waals surface area contributed by atoms with E-state index in [1.165, 1.54) is 13.8 Å². The molecule has 0 aliphatic rings. The average molecular weight is 362 g/mol. The molecule has 1 aromatic heterocycles. The second-order valence-electron chi connectivity index (χ2n) is 5.25. The highest BCUT2D eigenvalue weighted by Crippen LogP contribution is 2.21. The summed E-state index contributed by atoms with van der Waals surface area (Å²) in [5.41, 5.74) is 0.934. The monoisotopic (exact) mass is 362 g/mol. The quantitative estimate of drug-likeness (QED) is 0.528. The van der Waals surface area contributed by atoms with Gasteiger partial charge in [-0.1, -0.05) is 11.8 Å². The number of carbonyl (C=O) groups excluding carboxylic acids is 2. The number of benzene rings is 1. The van der Waals surface area contributed by atoms with Crippen molar-refractivity contribution in [3.8, 4) is 0 Å². The number of aryl methyl sites for hydroxylation is 1. The minimum atomic E-state index is -0.554. The first-order valence-corrected chi connectivity index (χ1v) is 8.22. The molecule has 132 valence electrons. The van der Waals surface area contributed by atoms with E-state index >= 15 is 0 Å². The van der Waals surface area contributed by atoms with E-state index in [1.807, 2.05) is 0 Å². The lowest BCUT2D eigenvalue weighted by molar-refractivity contribution is -0.115. The van der Waals surface area contributed by atoms with Gasteiger partial charge in [0.15, 0.2) is 0 Å². The molecule has 2 aromatic rings. The molecule has 0 aliphatic heterocycles. The second-order valence-corrected chi connectivity index (χ2v) is 6.56. The third-order valence-electron chi connectivity index (χ3n) is 3.14. The zero-order valence-electron chi connectivity index (χ0n) is 13.9. The number of hydrogen-bond acceptors (Lipinski definition) is 7. The molecule has 0 radical (unpaired) electrons. The fourth-order valence-corrected chi connectivity index (χ4v) is 2.61. The molecule has 0 saturated heterocycles. The van der Waals surface area contributed by atoms with Crippen LogP contribution in [0.3, 0.4) is 0 Å². The number of nitrogens with one attached hydrogen (secondary N) is 2.